The third kappa shape index (κ3) is 0.521. The van der Waals surface area contributed by atoms with E-state index in [-0.39, 0.29) is 11.8 Å². The number of hydrogen-bond donors (Lipinski definition) is 0. The molecule has 1 saturated carbocycles. The lowest BCUT2D eigenvalue weighted by Crippen LogP contribution is -2.21. The zero-order chi connectivity index (χ0) is 8.98. The Hall–Kier alpha value is -0.260. The lowest BCUT2D eigenvalue weighted by atomic mass is 9.72. The highest BCUT2D eigenvalue weighted by Crippen LogP contribution is 2.38. The Kier molecular flexibility index (Phi) is 0.436. The lowest BCUT2D eigenvalue weighted by Gasteiger charge is -2.33. The van der Waals surface area contributed by atoms with Crippen LogP contribution < -0.4 is 0 Å². The third-order valence-electron chi connectivity index (χ3n) is 1.80. The molecule has 2 atom stereocenters. The first-order chi connectivity index (χ1) is 5.43. The van der Waals surface area contributed by atoms with Crippen molar-refractivity contribution in [1.82, 2.24) is 0 Å². The summed E-state index contributed by atoms with van der Waals surface area (Å²) in [6, 6.07) is 0. The second-order valence-corrected chi connectivity index (χ2v) is 2.34. The fourth-order valence-electron chi connectivity index (χ4n) is 1.20. The summed E-state index contributed by atoms with van der Waals surface area (Å²) in [6.45, 7) is 0. The van der Waals surface area contributed by atoms with Gasteiger partial charge in [0, 0.05) is 5.48 Å². The maximum absolute atomic E-state index is 7.64. The molecule has 44 valence electrons. The Balaban J connectivity index is 2.25. The highest BCUT2D eigenvalue weighted by Gasteiger charge is 2.25. The monoisotopic (exact) mass is 112 g/mol. The van der Waals surface area contributed by atoms with E-state index in [0.29, 0.717) is 12.8 Å². The van der Waals surface area contributed by atoms with Crippen LogP contribution in [0, 0.1) is 11.8 Å². The summed E-state index contributed by atoms with van der Waals surface area (Å²) in [5, 5.41) is 0. The zero-order valence-corrected chi connectivity index (χ0v) is 4.72. The fourth-order valence-corrected chi connectivity index (χ4v) is 1.20. The van der Waals surface area contributed by atoms with Gasteiger partial charge in [-0.15, -0.1) is 0 Å². The zero-order valence-electron chi connectivity index (χ0n) is 8.72. The van der Waals surface area contributed by atoms with Crippen LogP contribution in [-0.2, 0) is 0 Å². The molecule has 0 nitrogen and oxygen atoms in total. The first-order valence-corrected chi connectivity index (χ1v) is 3.12. The summed E-state index contributed by atoms with van der Waals surface area (Å²) in [6.07, 6.45) is 1.97. The van der Waals surface area contributed by atoms with Gasteiger partial charge in [0.15, 0.2) is 0 Å². The standard InChI is InChI=1S/C8H12/c1-2-4-8-6-5-7(8)3-1/h5-8H,1-4H2/i3D2,4D2. The first-order valence-electron chi connectivity index (χ1n) is 5.12. The maximum atomic E-state index is 7.64. The smallest absolute Gasteiger partial charge is 0.0273 e. The molecule has 0 aromatic carbocycles. The molecule has 0 spiro atoms. The van der Waals surface area contributed by atoms with E-state index in [1.807, 2.05) is 12.2 Å². The molecule has 2 aliphatic rings. The van der Waals surface area contributed by atoms with Crippen molar-refractivity contribution >= 4 is 0 Å². The second kappa shape index (κ2) is 1.61. The molecule has 2 rings (SSSR count). The minimum Gasteiger partial charge on any atom is -0.0845 e. The molecule has 0 heteroatoms. The van der Waals surface area contributed by atoms with Crippen LogP contribution in [0.4, 0.5) is 0 Å². The van der Waals surface area contributed by atoms with Crippen molar-refractivity contribution in [2.75, 3.05) is 0 Å². The summed E-state index contributed by atoms with van der Waals surface area (Å²) < 4.78 is 30.6. The van der Waals surface area contributed by atoms with Gasteiger partial charge in [-0.2, -0.15) is 0 Å². The minimum absolute atomic E-state index is 0.179. The van der Waals surface area contributed by atoms with E-state index in [1.165, 1.54) is 0 Å². The van der Waals surface area contributed by atoms with Gasteiger partial charge in [-0.1, -0.05) is 25.0 Å². The Labute approximate surface area is 56.2 Å². The van der Waals surface area contributed by atoms with Crippen LogP contribution in [0.25, 0.3) is 0 Å². The minimum atomic E-state index is -1.18. The van der Waals surface area contributed by atoms with Gasteiger partial charge in [-0.05, 0) is 24.6 Å². The number of allylic oxidation sites excluding steroid dienone is 2. The van der Waals surface area contributed by atoms with Crippen molar-refractivity contribution in [1.29, 1.82) is 0 Å². The molecule has 0 aromatic rings. The van der Waals surface area contributed by atoms with E-state index in [4.69, 9.17) is 5.48 Å². The quantitative estimate of drug-likeness (QED) is 0.422. The molecule has 2 unspecified atom stereocenters. The normalized spacial score (nSPS) is 63.0. The molecule has 0 bridgehead atoms. The van der Waals surface area contributed by atoms with Crippen LogP contribution in [0.5, 0.6) is 0 Å². The van der Waals surface area contributed by atoms with Crippen LogP contribution in [-0.4, -0.2) is 0 Å². The second-order valence-electron chi connectivity index (χ2n) is 2.34. The van der Waals surface area contributed by atoms with Gasteiger partial charge in [0.05, 0.1) is 0 Å². The van der Waals surface area contributed by atoms with E-state index in [0.717, 1.165) is 0 Å². The first kappa shape index (κ1) is 2.17. The molecule has 2 aliphatic carbocycles. The highest BCUT2D eigenvalue weighted by molar-refractivity contribution is 5.09. The lowest BCUT2D eigenvalue weighted by molar-refractivity contribution is 0.304. The van der Waals surface area contributed by atoms with Gasteiger partial charge in [0.25, 0.3) is 0 Å². The molecule has 0 aromatic heterocycles. The summed E-state index contributed by atoms with van der Waals surface area (Å²) in [4.78, 5) is 0. The van der Waals surface area contributed by atoms with Crippen molar-refractivity contribution in [2.24, 2.45) is 11.8 Å². The van der Waals surface area contributed by atoms with Crippen LogP contribution in [0.15, 0.2) is 12.2 Å². The topological polar surface area (TPSA) is 0 Å². The molecule has 0 saturated heterocycles. The fraction of sp³-hybridized carbons (Fsp3) is 0.750. The van der Waals surface area contributed by atoms with Gasteiger partial charge in [-0.3, -0.25) is 0 Å². The molecule has 0 radical (unpaired) electrons. The molecule has 1 fully saturated rings. The largest absolute Gasteiger partial charge is 0.0845 e. The number of hydrogen-bond acceptors (Lipinski definition) is 0. The molecule has 0 heterocycles. The van der Waals surface area contributed by atoms with Gasteiger partial charge >= 0.3 is 0 Å². The van der Waals surface area contributed by atoms with Crippen LogP contribution in [0.2, 0.25) is 0 Å². The molecule has 0 amide bonds. The summed E-state index contributed by atoms with van der Waals surface area (Å²) >= 11 is 0. The van der Waals surface area contributed by atoms with Crippen molar-refractivity contribution in [3.8, 4) is 0 Å². The molecule has 0 N–H and O–H groups in total. The maximum Gasteiger partial charge on any atom is 0.0273 e. The summed E-state index contributed by atoms with van der Waals surface area (Å²) in [7, 11) is 0. The molecule has 8 heavy (non-hydrogen) atoms. The van der Waals surface area contributed by atoms with E-state index in [1.54, 1.807) is 0 Å². The van der Waals surface area contributed by atoms with Gasteiger partial charge in [-0.25, -0.2) is 0 Å². The molecular weight excluding hydrogens is 96.1 g/mol. The highest BCUT2D eigenvalue weighted by atomic mass is 14.3. The number of fused-ring (bicyclic) bond motifs is 1. The Morgan fingerprint density at radius 1 is 1.12 bits per heavy atom. The average Bonchev–Trinajstić information content (AvgIpc) is 1.77. The molecule has 0 aliphatic heterocycles. The van der Waals surface area contributed by atoms with Crippen LogP contribution in [0.3, 0.4) is 0 Å². The van der Waals surface area contributed by atoms with Gasteiger partial charge in [0.1, 0.15) is 0 Å². The van der Waals surface area contributed by atoms with Gasteiger partial charge < -0.3 is 0 Å². The number of rotatable bonds is 0. The SMILES string of the molecule is [2H]C1([2H])CCC([2H])([2H])C2C=CC21. The van der Waals surface area contributed by atoms with E-state index in [9.17, 15) is 0 Å². The Morgan fingerprint density at radius 3 is 2.00 bits per heavy atom. The van der Waals surface area contributed by atoms with Crippen molar-refractivity contribution in [3.63, 3.8) is 0 Å². The van der Waals surface area contributed by atoms with E-state index < -0.39 is 12.7 Å². The third-order valence-corrected chi connectivity index (χ3v) is 1.80. The summed E-state index contributed by atoms with van der Waals surface area (Å²) in [5.74, 6) is -0.359. The van der Waals surface area contributed by atoms with E-state index in [2.05, 4.69) is 0 Å². The Morgan fingerprint density at radius 2 is 1.62 bits per heavy atom. The van der Waals surface area contributed by atoms with Crippen LogP contribution in [0.1, 0.15) is 31.1 Å². The molecular formula is C8H12. The van der Waals surface area contributed by atoms with Gasteiger partial charge in [0.2, 0.25) is 0 Å². The predicted octanol–water partition coefficient (Wildman–Crippen LogP) is 2.36. The van der Waals surface area contributed by atoms with Crippen molar-refractivity contribution < 1.29 is 5.48 Å². The van der Waals surface area contributed by atoms with Crippen LogP contribution >= 0.6 is 0 Å². The average molecular weight is 112 g/mol. The van der Waals surface area contributed by atoms with E-state index >= 15 is 0 Å². The van der Waals surface area contributed by atoms with Crippen molar-refractivity contribution in [3.05, 3.63) is 12.2 Å². The summed E-state index contributed by atoms with van der Waals surface area (Å²) in [5.41, 5.74) is 0. The Bertz CT molecular complexity index is 207. The predicted molar refractivity (Wildman–Crippen MR) is 34.6 cm³/mol. The van der Waals surface area contributed by atoms with Crippen molar-refractivity contribution in [2.45, 2.75) is 25.6 Å².